The van der Waals surface area contributed by atoms with Crippen molar-refractivity contribution >= 4 is 23.4 Å². The van der Waals surface area contributed by atoms with E-state index in [0.29, 0.717) is 5.69 Å². The summed E-state index contributed by atoms with van der Waals surface area (Å²) in [6, 6.07) is 8.06. The van der Waals surface area contributed by atoms with Gasteiger partial charge in [0.25, 0.3) is 5.91 Å². The molecule has 6 nitrogen and oxygen atoms in total. The zero-order chi connectivity index (χ0) is 12.4. The average molecular weight is 233 g/mol. The lowest BCUT2D eigenvalue weighted by Gasteiger charge is -2.29. The largest absolute Gasteiger partial charge is 0.475 e. The Morgan fingerprint density at radius 1 is 1.41 bits per heavy atom. The second-order valence-corrected chi connectivity index (χ2v) is 3.58. The number of hydrogen-bond donors (Lipinski definition) is 2. The van der Waals surface area contributed by atoms with Gasteiger partial charge in [-0.3, -0.25) is 10.2 Å². The van der Waals surface area contributed by atoms with Crippen molar-refractivity contribution in [2.75, 3.05) is 5.01 Å². The Labute approximate surface area is 97.5 Å². The lowest BCUT2D eigenvalue weighted by molar-refractivity contribution is -0.129. The number of anilines is 1. The van der Waals surface area contributed by atoms with Crippen molar-refractivity contribution < 1.29 is 14.7 Å². The van der Waals surface area contributed by atoms with Crippen LogP contribution in [0.25, 0.3) is 0 Å². The molecule has 1 amide bonds. The summed E-state index contributed by atoms with van der Waals surface area (Å²) in [6.07, 6.45) is 0. The number of hydrazine groups is 1. The van der Waals surface area contributed by atoms with Crippen LogP contribution in [0, 0.1) is 0 Å². The van der Waals surface area contributed by atoms with Crippen LogP contribution in [-0.2, 0) is 9.59 Å². The van der Waals surface area contributed by atoms with Crippen LogP contribution >= 0.6 is 0 Å². The van der Waals surface area contributed by atoms with Gasteiger partial charge in [-0.25, -0.2) is 14.8 Å². The minimum absolute atomic E-state index is 0.235. The molecule has 1 aromatic carbocycles. The number of para-hydroxylation sites is 1. The predicted octanol–water partition coefficient (Wildman–Crippen LogP) is 0.409. The number of aliphatic carboxylic acids is 1. The standard InChI is InChI=1S/C11H11N3O3/c1-7-10(15)14(8-5-3-2-4-6-8)13-9(12-7)11(16)17/h2-7H,1H3,(H,12,13)(H,16,17)/t7-/m0/s1. The first-order valence-corrected chi connectivity index (χ1v) is 5.06. The van der Waals surface area contributed by atoms with Crippen molar-refractivity contribution in [2.45, 2.75) is 13.0 Å². The maximum Gasteiger partial charge on any atom is 0.372 e. The highest BCUT2D eigenvalue weighted by atomic mass is 16.4. The van der Waals surface area contributed by atoms with E-state index in [0.717, 1.165) is 0 Å². The third-order valence-electron chi connectivity index (χ3n) is 2.34. The molecule has 1 aliphatic heterocycles. The SMILES string of the molecule is C[C@@H]1N=C(C(=O)O)NN(c2ccccc2)C1=O. The van der Waals surface area contributed by atoms with Gasteiger partial charge >= 0.3 is 5.97 Å². The number of benzene rings is 1. The Morgan fingerprint density at radius 2 is 2.06 bits per heavy atom. The van der Waals surface area contributed by atoms with Gasteiger partial charge in [0.2, 0.25) is 5.84 Å². The van der Waals surface area contributed by atoms with E-state index in [-0.39, 0.29) is 11.7 Å². The first-order valence-electron chi connectivity index (χ1n) is 5.06. The molecule has 0 fully saturated rings. The normalized spacial score (nSPS) is 19.6. The Bertz CT molecular complexity index is 484. The molecule has 0 bridgehead atoms. The summed E-state index contributed by atoms with van der Waals surface area (Å²) in [5.74, 6) is -1.72. The highest BCUT2D eigenvalue weighted by molar-refractivity contribution is 6.36. The fourth-order valence-corrected chi connectivity index (χ4v) is 1.50. The summed E-state index contributed by atoms with van der Waals surface area (Å²) >= 11 is 0. The first kappa shape index (κ1) is 11.1. The third-order valence-corrected chi connectivity index (χ3v) is 2.34. The van der Waals surface area contributed by atoms with Gasteiger partial charge in [0.15, 0.2) is 0 Å². The van der Waals surface area contributed by atoms with Crippen molar-refractivity contribution in [1.29, 1.82) is 0 Å². The van der Waals surface area contributed by atoms with E-state index < -0.39 is 12.0 Å². The van der Waals surface area contributed by atoms with E-state index >= 15 is 0 Å². The number of hydrogen-bond acceptors (Lipinski definition) is 4. The minimum atomic E-state index is -1.19. The summed E-state index contributed by atoms with van der Waals surface area (Å²) in [7, 11) is 0. The van der Waals surface area contributed by atoms with E-state index in [2.05, 4.69) is 10.4 Å². The maximum absolute atomic E-state index is 11.9. The van der Waals surface area contributed by atoms with E-state index in [9.17, 15) is 9.59 Å². The summed E-state index contributed by atoms with van der Waals surface area (Å²) in [4.78, 5) is 26.5. The molecule has 0 radical (unpaired) electrons. The van der Waals surface area contributed by atoms with Crippen LogP contribution in [0.15, 0.2) is 35.3 Å². The van der Waals surface area contributed by atoms with Crippen molar-refractivity contribution in [3.05, 3.63) is 30.3 Å². The van der Waals surface area contributed by atoms with Crippen LogP contribution in [0.5, 0.6) is 0 Å². The fraction of sp³-hybridized carbons (Fsp3) is 0.182. The third kappa shape index (κ3) is 2.10. The number of carboxylic acid groups (broad SMARTS) is 1. The van der Waals surface area contributed by atoms with Gasteiger partial charge in [-0.05, 0) is 19.1 Å². The average Bonchev–Trinajstić information content (AvgIpc) is 2.33. The number of nitrogens with one attached hydrogen (secondary N) is 1. The van der Waals surface area contributed by atoms with E-state index in [4.69, 9.17) is 5.11 Å². The molecule has 2 N–H and O–H groups in total. The van der Waals surface area contributed by atoms with Crippen molar-refractivity contribution in [3.8, 4) is 0 Å². The molecule has 1 aromatic rings. The second-order valence-electron chi connectivity index (χ2n) is 3.58. The number of carbonyl (C=O) groups is 2. The van der Waals surface area contributed by atoms with E-state index in [1.807, 2.05) is 6.07 Å². The molecular weight excluding hydrogens is 222 g/mol. The molecule has 0 aromatic heterocycles. The topological polar surface area (TPSA) is 82.0 Å². The first-order chi connectivity index (χ1) is 8.09. The highest BCUT2D eigenvalue weighted by Gasteiger charge is 2.30. The fourth-order valence-electron chi connectivity index (χ4n) is 1.50. The molecule has 0 aliphatic carbocycles. The number of carbonyl (C=O) groups excluding carboxylic acids is 1. The lowest BCUT2D eigenvalue weighted by Crippen LogP contribution is -2.56. The summed E-state index contributed by atoms with van der Waals surface area (Å²) in [5.41, 5.74) is 3.07. The van der Waals surface area contributed by atoms with Gasteiger partial charge in [0, 0.05) is 0 Å². The van der Waals surface area contributed by atoms with Crippen LogP contribution in [-0.4, -0.2) is 28.9 Å². The van der Waals surface area contributed by atoms with Crippen LogP contribution in [0.2, 0.25) is 0 Å². The van der Waals surface area contributed by atoms with Gasteiger partial charge in [0.05, 0.1) is 5.69 Å². The number of nitrogens with zero attached hydrogens (tertiary/aromatic N) is 2. The molecule has 1 atom stereocenters. The number of aliphatic imine (C=N–C) groups is 1. The zero-order valence-corrected chi connectivity index (χ0v) is 9.12. The Balaban J connectivity index is 2.34. The summed E-state index contributed by atoms with van der Waals surface area (Å²) in [6.45, 7) is 1.56. The van der Waals surface area contributed by atoms with Crippen LogP contribution in [0.3, 0.4) is 0 Å². The molecule has 0 saturated heterocycles. The number of rotatable bonds is 2. The minimum Gasteiger partial charge on any atom is -0.475 e. The second kappa shape index (κ2) is 4.25. The predicted molar refractivity (Wildman–Crippen MR) is 61.6 cm³/mol. The molecule has 17 heavy (non-hydrogen) atoms. The van der Waals surface area contributed by atoms with Crippen LogP contribution in [0.1, 0.15) is 6.92 Å². The molecule has 88 valence electrons. The van der Waals surface area contributed by atoms with Crippen LogP contribution < -0.4 is 10.4 Å². The zero-order valence-electron chi connectivity index (χ0n) is 9.12. The van der Waals surface area contributed by atoms with E-state index in [1.54, 1.807) is 31.2 Å². The summed E-state index contributed by atoms with van der Waals surface area (Å²) in [5, 5.41) is 10.1. The molecule has 6 heteroatoms. The van der Waals surface area contributed by atoms with Crippen molar-refractivity contribution in [1.82, 2.24) is 5.43 Å². The Morgan fingerprint density at radius 3 is 2.65 bits per heavy atom. The monoisotopic (exact) mass is 233 g/mol. The summed E-state index contributed by atoms with van der Waals surface area (Å²) < 4.78 is 0. The quantitative estimate of drug-likeness (QED) is 0.775. The number of amides is 1. The van der Waals surface area contributed by atoms with Gasteiger partial charge in [-0.1, -0.05) is 18.2 Å². The number of amidine groups is 1. The van der Waals surface area contributed by atoms with Crippen molar-refractivity contribution in [2.24, 2.45) is 4.99 Å². The van der Waals surface area contributed by atoms with Gasteiger partial charge < -0.3 is 5.11 Å². The molecule has 1 aliphatic rings. The smallest absolute Gasteiger partial charge is 0.372 e. The van der Waals surface area contributed by atoms with Gasteiger partial charge in [-0.15, -0.1) is 0 Å². The molecule has 0 unspecified atom stereocenters. The highest BCUT2D eigenvalue weighted by Crippen LogP contribution is 2.15. The molecule has 2 rings (SSSR count). The lowest BCUT2D eigenvalue weighted by atomic mass is 10.2. The maximum atomic E-state index is 11.9. The number of carboxylic acids is 1. The molecular formula is C11H11N3O3. The van der Waals surface area contributed by atoms with Gasteiger partial charge in [0.1, 0.15) is 6.04 Å². The molecule has 0 spiro atoms. The molecule has 0 saturated carbocycles. The van der Waals surface area contributed by atoms with Crippen molar-refractivity contribution in [3.63, 3.8) is 0 Å². The molecule has 1 heterocycles. The van der Waals surface area contributed by atoms with Crippen LogP contribution in [0.4, 0.5) is 5.69 Å². The Hall–Kier alpha value is -2.37. The van der Waals surface area contributed by atoms with E-state index in [1.165, 1.54) is 5.01 Å². The van der Waals surface area contributed by atoms with Gasteiger partial charge in [-0.2, -0.15) is 0 Å². The Kier molecular flexibility index (Phi) is 2.78.